The number of amides is 2. The molecule has 1 saturated heterocycles. The zero-order valence-corrected chi connectivity index (χ0v) is 19.9. The Hall–Kier alpha value is -3.35. The number of hydrogen-bond donors (Lipinski definition) is 2. The monoisotopic (exact) mass is 464 g/mol. The van der Waals surface area contributed by atoms with Crippen LogP contribution >= 0.6 is 0 Å². The molecule has 7 heteroatoms. The van der Waals surface area contributed by atoms with Crippen LogP contribution in [0.5, 0.6) is 0 Å². The minimum Gasteiger partial charge on any atom is -0.481 e. The first kappa shape index (κ1) is 23.8. The van der Waals surface area contributed by atoms with Gasteiger partial charge < -0.3 is 20.1 Å². The smallest absolute Gasteiger partial charge is 0.407 e. The molecule has 0 spiro atoms. The van der Waals surface area contributed by atoms with Gasteiger partial charge in [0.1, 0.15) is 6.61 Å². The molecule has 2 amide bonds. The van der Waals surface area contributed by atoms with E-state index >= 15 is 0 Å². The number of carbonyl (C=O) groups excluding carboxylic acids is 2. The predicted octanol–water partition coefficient (Wildman–Crippen LogP) is 4.26. The van der Waals surface area contributed by atoms with Gasteiger partial charge in [0.15, 0.2) is 0 Å². The van der Waals surface area contributed by atoms with E-state index in [1.54, 1.807) is 4.90 Å². The van der Waals surface area contributed by atoms with Gasteiger partial charge in [-0.2, -0.15) is 0 Å². The highest BCUT2D eigenvalue weighted by molar-refractivity contribution is 5.81. The molecule has 2 N–H and O–H groups in total. The van der Waals surface area contributed by atoms with Gasteiger partial charge in [-0.05, 0) is 34.1 Å². The first-order chi connectivity index (χ1) is 16.2. The Balaban J connectivity index is 1.34. The molecule has 2 aliphatic rings. The SMILES string of the molecule is CC[C@@H](CC(=O)N1CC(C(=O)O)C(C)(C)C1)NC(=O)OCC1c2ccccc2-c2ccccc21. The first-order valence-electron chi connectivity index (χ1n) is 11.8. The minimum atomic E-state index is -0.885. The van der Waals surface area contributed by atoms with Gasteiger partial charge in [0.25, 0.3) is 0 Å². The third-order valence-electron chi connectivity index (χ3n) is 7.17. The van der Waals surface area contributed by atoms with Crippen molar-refractivity contribution in [2.45, 2.75) is 45.6 Å². The second-order valence-corrected chi connectivity index (χ2v) is 9.93. The van der Waals surface area contributed by atoms with Crippen LogP contribution in [0.1, 0.15) is 50.7 Å². The van der Waals surface area contributed by atoms with Crippen LogP contribution in [0.3, 0.4) is 0 Å². The van der Waals surface area contributed by atoms with Gasteiger partial charge in [-0.1, -0.05) is 69.3 Å². The van der Waals surface area contributed by atoms with Crippen molar-refractivity contribution in [3.63, 3.8) is 0 Å². The lowest BCUT2D eigenvalue weighted by atomic mass is 9.82. The summed E-state index contributed by atoms with van der Waals surface area (Å²) in [6.07, 6.45) is 0.130. The molecule has 7 nitrogen and oxygen atoms in total. The van der Waals surface area contributed by atoms with E-state index in [1.165, 1.54) is 0 Å². The van der Waals surface area contributed by atoms with Crippen molar-refractivity contribution in [3.8, 4) is 11.1 Å². The fraction of sp³-hybridized carbons (Fsp3) is 0.444. The zero-order chi connectivity index (χ0) is 24.5. The van der Waals surface area contributed by atoms with Crippen LogP contribution in [0.4, 0.5) is 4.79 Å². The Kier molecular flexibility index (Phi) is 6.64. The van der Waals surface area contributed by atoms with Crippen molar-refractivity contribution in [3.05, 3.63) is 59.7 Å². The van der Waals surface area contributed by atoms with Gasteiger partial charge in [-0.3, -0.25) is 9.59 Å². The highest BCUT2D eigenvalue weighted by Gasteiger charge is 2.45. The Bertz CT molecular complexity index is 1050. The average Bonchev–Trinajstić information content (AvgIpc) is 3.31. The standard InChI is InChI=1S/C27H32N2O5/c1-4-17(13-24(30)29-14-23(25(31)32)27(2,3)16-29)28-26(33)34-15-22-20-11-7-5-9-18(20)19-10-6-8-12-21(19)22/h5-12,17,22-23H,4,13-16H2,1-3H3,(H,28,33)(H,31,32)/t17-,23?/m0/s1. The van der Waals surface area contributed by atoms with Gasteiger partial charge >= 0.3 is 12.1 Å². The van der Waals surface area contributed by atoms with Crippen molar-refractivity contribution < 1.29 is 24.2 Å². The number of aliphatic carboxylic acids is 1. The molecule has 1 aliphatic carbocycles. The molecule has 0 bridgehead atoms. The summed E-state index contributed by atoms with van der Waals surface area (Å²) in [5.74, 6) is -1.65. The largest absolute Gasteiger partial charge is 0.481 e. The van der Waals surface area contributed by atoms with Crippen LogP contribution in [0.25, 0.3) is 11.1 Å². The van der Waals surface area contributed by atoms with E-state index in [1.807, 2.05) is 45.0 Å². The summed E-state index contributed by atoms with van der Waals surface area (Å²) in [5.41, 5.74) is 4.13. The summed E-state index contributed by atoms with van der Waals surface area (Å²) in [4.78, 5) is 38.6. The van der Waals surface area contributed by atoms with Crippen molar-refractivity contribution in [1.29, 1.82) is 0 Å². The van der Waals surface area contributed by atoms with Crippen LogP contribution < -0.4 is 5.32 Å². The van der Waals surface area contributed by atoms with E-state index in [4.69, 9.17) is 4.74 Å². The third kappa shape index (κ3) is 4.65. The number of alkyl carbamates (subject to hydrolysis) is 1. The molecule has 2 aromatic rings. The normalized spacial score (nSPS) is 19.3. The summed E-state index contributed by atoms with van der Waals surface area (Å²) in [6, 6.07) is 15.9. The first-order valence-corrected chi connectivity index (χ1v) is 11.8. The van der Waals surface area contributed by atoms with Crippen LogP contribution in [0.2, 0.25) is 0 Å². The van der Waals surface area contributed by atoms with Crippen molar-refractivity contribution in [2.24, 2.45) is 11.3 Å². The molecule has 4 rings (SSSR count). The number of carbonyl (C=O) groups is 3. The summed E-state index contributed by atoms with van der Waals surface area (Å²) in [6.45, 7) is 6.43. The highest BCUT2D eigenvalue weighted by Crippen LogP contribution is 2.44. The zero-order valence-electron chi connectivity index (χ0n) is 19.9. The van der Waals surface area contributed by atoms with Crippen LogP contribution in [-0.4, -0.2) is 53.7 Å². The maximum atomic E-state index is 12.8. The number of carboxylic acids is 1. The number of ether oxygens (including phenoxy) is 1. The molecular formula is C27H32N2O5. The van der Waals surface area contributed by atoms with E-state index in [0.717, 1.165) is 22.3 Å². The van der Waals surface area contributed by atoms with E-state index in [9.17, 15) is 19.5 Å². The summed E-state index contributed by atoms with van der Waals surface area (Å²) in [7, 11) is 0. The van der Waals surface area contributed by atoms with Crippen molar-refractivity contribution >= 4 is 18.0 Å². The lowest BCUT2D eigenvalue weighted by Crippen LogP contribution is -2.40. The number of benzene rings is 2. The maximum absolute atomic E-state index is 12.8. The van der Waals surface area contributed by atoms with Gasteiger partial charge in [0.05, 0.1) is 5.92 Å². The number of fused-ring (bicyclic) bond motifs is 3. The molecule has 1 fully saturated rings. The number of nitrogens with zero attached hydrogens (tertiary/aromatic N) is 1. The Labute approximate surface area is 200 Å². The van der Waals surface area contributed by atoms with Crippen molar-refractivity contribution in [1.82, 2.24) is 10.2 Å². The molecule has 2 atom stereocenters. The molecular weight excluding hydrogens is 432 g/mol. The number of rotatable bonds is 7. The highest BCUT2D eigenvalue weighted by atomic mass is 16.5. The Morgan fingerprint density at radius 3 is 2.21 bits per heavy atom. The lowest BCUT2D eigenvalue weighted by molar-refractivity contribution is -0.144. The molecule has 0 radical (unpaired) electrons. The quantitative estimate of drug-likeness (QED) is 0.638. The topological polar surface area (TPSA) is 95.9 Å². The van der Waals surface area contributed by atoms with Crippen LogP contribution in [0, 0.1) is 11.3 Å². The number of carboxylic acid groups (broad SMARTS) is 1. The minimum absolute atomic E-state index is 0.0281. The molecule has 1 heterocycles. The number of nitrogens with one attached hydrogen (secondary N) is 1. The Morgan fingerprint density at radius 1 is 1.09 bits per heavy atom. The molecule has 180 valence electrons. The molecule has 0 saturated carbocycles. The second-order valence-electron chi connectivity index (χ2n) is 9.93. The lowest BCUT2D eigenvalue weighted by Gasteiger charge is -2.23. The fourth-order valence-electron chi connectivity index (χ4n) is 5.18. The Morgan fingerprint density at radius 2 is 1.68 bits per heavy atom. The third-order valence-corrected chi connectivity index (χ3v) is 7.17. The predicted molar refractivity (Wildman–Crippen MR) is 128 cm³/mol. The maximum Gasteiger partial charge on any atom is 0.407 e. The molecule has 0 aromatic heterocycles. The summed E-state index contributed by atoms with van der Waals surface area (Å²) >= 11 is 0. The molecule has 1 aliphatic heterocycles. The van der Waals surface area contributed by atoms with Gasteiger partial charge in [0.2, 0.25) is 5.91 Å². The second kappa shape index (κ2) is 9.49. The van der Waals surface area contributed by atoms with Crippen LogP contribution in [0.15, 0.2) is 48.5 Å². The molecule has 2 aromatic carbocycles. The average molecular weight is 465 g/mol. The van der Waals surface area contributed by atoms with Gasteiger partial charge in [-0.25, -0.2) is 4.79 Å². The van der Waals surface area contributed by atoms with E-state index < -0.39 is 23.4 Å². The molecule has 34 heavy (non-hydrogen) atoms. The van der Waals surface area contributed by atoms with E-state index in [2.05, 4.69) is 29.6 Å². The molecule has 1 unspecified atom stereocenters. The van der Waals surface area contributed by atoms with Gasteiger partial charge in [-0.15, -0.1) is 0 Å². The number of hydrogen-bond acceptors (Lipinski definition) is 4. The van der Waals surface area contributed by atoms with Crippen LogP contribution in [-0.2, 0) is 14.3 Å². The number of likely N-dealkylation sites (tertiary alicyclic amines) is 1. The van der Waals surface area contributed by atoms with E-state index in [-0.39, 0.29) is 37.4 Å². The summed E-state index contributed by atoms with van der Waals surface area (Å²) < 4.78 is 5.61. The van der Waals surface area contributed by atoms with Crippen molar-refractivity contribution in [2.75, 3.05) is 19.7 Å². The summed E-state index contributed by atoms with van der Waals surface area (Å²) in [5, 5.41) is 12.3. The van der Waals surface area contributed by atoms with Gasteiger partial charge in [0, 0.05) is 31.5 Å². The fourth-order valence-corrected chi connectivity index (χ4v) is 5.18. The van der Waals surface area contributed by atoms with E-state index in [0.29, 0.717) is 13.0 Å².